The summed E-state index contributed by atoms with van der Waals surface area (Å²) in [5.41, 5.74) is 0. The fourth-order valence-corrected chi connectivity index (χ4v) is 1.44. The molecule has 0 aliphatic rings. The zero-order chi connectivity index (χ0) is 11.2. The Morgan fingerprint density at radius 3 is 2.36 bits per heavy atom. The van der Waals surface area contributed by atoms with Crippen LogP contribution in [0, 0.1) is 5.92 Å². The Labute approximate surface area is 85.3 Å². The Morgan fingerprint density at radius 1 is 1.36 bits per heavy atom. The molecule has 0 bridgehead atoms. The van der Waals surface area contributed by atoms with Crippen molar-refractivity contribution in [3.05, 3.63) is 0 Å². The molecule has 0 unspecified atom stereocenters. The highest BCUT2D eigenvalue weighted by Gasteiger charge is 2.08. The fourth-order valence-electron chi connectivity index (χ4n) is 0.870. The number of carbonyl (C=O) groups is 1. The first-order chi connectivity index (χ1) is 6.37. The Kier molecular flexibility index (Phi) is 5.71. The molecule has 0 aromatic heterocycles. The smallest absolute Gasteiger partial charge is 0.220 e. The summed E-state index contributed by atoms with van der Waals surface area (Å²) < 4.78 is 24.1. The SMILES string of the molecule is CNS(=O)(=O)CCNC(=O)CC(C)C. The summed E-state index contributed by atoms with van der Waals surface area (Å²) in [7, 11) is -1.86. The van der Waals surface area contributed by atoms with Crippen molar-refractivity contribution in [3.63, 3.8) is 0 Å². The minimum Gasteiger partial charge on any atom is -0.355 e. The van der Waals surface area contributed by atoms with Crippen molar-refractivity contribution in [1.82, 2.24) is 10.0 Å². The molecule has 0 aliphatic carbocycles. The largest absolute Gasteiger partial charge is 0.355 e. The second kappa shape index (κ2) is 5.98. The van der Waals surface area contributed by atoms with Crippen LogP contribution in [0.3, 0.4) is 0 Å². The highest BCUT2D eigenvalue weighted by molar-refractivity contribution is 7.89. The van der Waals surface area contributed by atoms with Crippen molar-refractivity contribution >= 4 is 15.9 Å². The molecule has 0 atom stereocenters. The van der Waals surface area contributed by atoms with Gasteiger partial charge in [-0.15, -0.1) is 0 Å². The van der Waals surface area contributed by atoms with E-state index < -0.39 is 10.0 Å². The molecule has 84 valence electrons. The first kappa shape index (κ1) is 13.4. The number of hydrogen-bond acceptors (Lipinski definition) is 3. The zero-order valence-electron chi connectivity index (χ0n) is 8.83. The fraction of sp³-hybridized carbons (Fsp3) is 0.875. The minimum absolute atomic E-state index is 0.0761. The summed E-state index contributed by atoms with van der Waals surface area (Å²) in [5.74, 6) is 0.107. The van der Waals surface area contributed by atoms with Crippen LogP contribution in [0.2, 0.25) is 0 Å². The van der Waals surface area contributed by atoms with E-state index in [0.717, 1.165) is 0 Å². The Balaban J connectivity index is 3.70. The maximum atomic E-state index is 11.1. The third-order valence-corrected chi connectivity index (χ3v) is 2.96. The maximum Gasteiger partial charge on any atom is 0.220 e. The maximum absolute atomic E-state index is 11.1. The summed E-state index contributed by atoms with van der Waals surface area (Å²) in [5, 5.41) is 2.55. The van der Waals surface area contributed by atoms with E-state index in [1.54, 1.807) is 0 Å². The van der Waals surface area contributed by atoms with Gasteiger partial charge >= 0.3 is 0 Å². The molecule has 0 heterocycles. The molecular formula is C8H18N2O3S. The summed E-state index contributed by atoms with van der Waals surface area (Å²) in [6, 6.07) is 0. The minimum atomic E-state index is -3.21. The van der Waals surface area contributed by atoms with Gasteiger partial charge in [0.1, 0.15) is 0 Å². The van der Waals surface area contributed by atoms with Gasteiger partial charge in [0.15, 0.2) is 0 Å². The van der Waals surface area contributed by atoms with Crippen LogP contribution in [0.5, 0.6) is 0 Å². The first-order valence-corrected chi connectivity index (χ1v) is 6.20. The lowest BCUT2D eigenvalue weighted by Gasteiger charge is -2.06. The number of sulfonamides is 1. The number of amides is 1. The van der Waals surface area contributed by atoms with Gasteiger partial charge < -0.3 is 5.32 Å². The summed E-state index contributed by atoms with van der Waals surface area (Å²) >= 11 is 0. The van der Waals surface area contributed by atoms with Gasteiger partial charge in [-0.25, -0.2) is 13.1 Å². The van der Waals surface area contributed by atoms with Crippen LogP contribution in [-0.2, 0) is 14.8 Å². The number of nitrogens with one attached hydrogen (secondary N) is 2. The highest BCUT2D eigenvalue weighted by atomic mass is 32.2. The molecule has 0 aromatic rings. The van der Waals surface area contributed by atoms with Gasteiger partial charge in [0.25, 0.3) is 0 Å². The van der Waals surface area contributed by atoms with Crippen LogP contribution in [-0.4, -0.2) is 33.7 Å². The van der Waals surface area contributed by atoms with Crippen LogP contribution < -0.4 is 10.0 Å². The quantitative estimate of drug-likeness (QED) is 0.648. The molecule has 1 amide bonds. The van der Waals surface area contributed by atoms with Gasteiger partial charge in [0, 0.05) is 13.0 Å². The standard InChI is InChI=1S/C8H18N2O3S/c1-7(2)6-8(11)10-4-5-14(12,13)9-3/h7,9H,4-6H2,1-3H3,(H,10,11). The third-order valence-electron chi connectivity index (χ3n) is 1.60. The third kappa shape index (κ3) is 6.85. The molecule has 2 N–H and O–H groups in total. The highest BCUT2D eigenvalue weighted by Crippen LogP contribution is 1.97. The van der Waals surface area contributed by atoms with E-state index in [-0.39, 0.29) is 24.1 Å². The molecule has 6 heteroatoms. The molecule has 14 heavy (non-hydrogen) atoms. The van der Waals surface area contributed by atoms with Gasteiger partial charge in [0.05, 0.1) is 5.75 Å². The first-order valence-electron chi connectivity index (χ1n) is 4.55. The molecule has 0 spiro atoms. The lowest BCUT2D eigenvalue weighted by molar-refractivity contribution is -0.121. The van der Waals surface area contributed by atoms with E-state index in [9.17, 15) is 13.2 Å². The second-order valence-electron chi connectivity index (χ2n) is 3.47. The lowest BCUT2D eigenvalue weighted by Crippen LogP contribution is -2.33. The Hall–Kier alpha value is -0.620. The van der Waals surface area contributed by atoms with Crippen molar-refractivity contribution < 1.29 is 13.2 Å². The van der Waals surface area contributed by atoms with Crippen molar-refractivity contribution in [2.75, 3.05) is 19.3 Å². The van der Waals surface area contributed by atoms with E-state index in [2.05, 4.69) is 10.0 Å². The zero-order valence-corrected chi connectivity index (χ0v) is 9.65. The van der Waals surface area contributed by atoms with Gasteiger partial charge in [-0.2, -0.15) is 0 Å². The number of hydrogen-bond donors (Lipinski definition) is 2. The molecule has 0 radical (unpaired) electrons. The Bertz CT molecular complexity index is 272. The molecule has 0 saturated carbocycles. The summed E-state index contributed by atoms with van der Waals surface area (Å²) in [4.78, 5) is 11.1. The Morgan fingerprint density at radius 2 is 1.93 bits per heavy atom. The van der Waals surface area contributed by atoms with Crippen molar-refractivity contribution in [3.8, 4) is 0 Å². The van der Waals surface area contributed by atoms with E-state index in [1.807, 2.05) is 13.8 Å². The topological polar surface area (TPSA) is 75.3 Å². The van der Waals surface area contributed by atoms with Gasteiger partial charge in [-0.1, -0.05) is 13.8 Å². The van der Waals surface area contributed by atoms with Crippen LogP contribution in [0.15, 0.2) is 0 Å². The van der Waals surface area contributed by atoms with Crippen molar-refractivity contribution in [2.45, 2.75) is 20.3 Å². The lowest BCUT2D eigenvalue weighted by atomic mass is 10.1. The van der Waals surface area contributed by atoms with E-state index in [4.69, 9.17) is 0 Å². The monoisotopic (exact) mass is 222 g/mol. The van der Waals surface area contributed by atoms with E-state index >= 15 is 0 Å². The number of rotatable bonds is 6. The predicted molar refractivity (Wildman–Crippen MR) is 55.3 cm³/mol. The molecular weight excluding hydrogens is 204 g/mol. The summed E-state index contributed by atoms with van der Waals surface area (Å²) in [6.45, 7) is 4.03. The molecule has 0 rings (SSSR count). The normalized spacial score (nSPS) is 11.7. The van der Waals surface area contributed by atoms with Crippen LogP contribution in [0.4, 0.5) is 0 Å². The van der Waals surface area contributed by atoms with Gasteiger partial charge in [-0.3, -0.25) is 4.79 Å². The van der Waals surface area contributed by atoms with E-state index in [1.165, 1.54) is 7.05 Å². The van der Waals surface area contributed by atoms with Crippen molar-refractivity contribution in [1.29, 1.82) is 0 Å². The van der Waals surface area contributed by atoms with Gasteiger partial charge in [0.2, 0.25) is 15.9 Å². The molecule has 0 saturated heterocycles. The van der Waals surface area contributed by atoms with Crippen LogP contribution >= 0.6 is 0 Å². The van der Waals surface area contributed by atoms with E-state index in [0.29, 0.717) is 6.42 Å². The van der Waals surface area contributed by atoms with Crippen LogP contribution in [0.25, 0.3) is 0 Å². The van der Waals surface area contributed by atoms with Crippen molar-refractivity contribution in [2.24, 2.45) is 5.92 Å². The molecule has 0 aliphatic heterocycles. The summed E-state index contributed by atoms with van der Waals surface area (Å²) in [6.07, 6.45) is 0.430. The molecule has 0 fully saturated rings. The molecule has 0 aromatic carbocycles. The number of carbonyl (C=O) groups excluding carboxylic acids is 1. The van der Waals surface area contributed by atoms with Crippen LogP contribution in [0.1, 0.15) is 20.3 Å². The van der Waals surface area contributed by atoms with Gasteiger partial charge in [-0.05, 0) is 13.0 Å². The average molecular weight is 222 g/mol. The predicted octanol–water partition coefficient (Wildman–Crippen LogP) is -0.302. The second-order valence-corrected chi connectivity index (χ2v) is 5.52. The average Bonchev–Trinajstić information content (AvgIpc) is 2.02. The molecule has 5 nitrogen and oxygen atoms in total.